The Morgan fingerprint density at radius 1 is 1.21 bits per heavy atom. The molecule has 1 aromatic rings. The maximum atomic E-state index is 12.0. The van der Waals surface area contributed by atoms with E-state index in [0.29, 0.717) is 18.1 Å². The summed E-state index contributed by atoms with van der Waals surface area (Å²) in [6.45, 7) is 6.29. The average molecular weight is 262 g/mol. The zero-order valence-electron chi connectivity index (χ0n) is 11.4. The lowest BCUT2D eigenvalue weighted by molar-refractivity contribution is -0.140. The third-order valence-electron chi connectivity index (χ3n) is 3.49. The molecule has 1 saturated heterocycles. The van der Waals surface area contributed by atoms with E-state index in [1.54, 1.807) is 32.2 Å². The van der Waals surface area contributed by atoms with Crippen LogP contribution in [-0.2, 0) is 16.1 Å². The van der Waals surface area contributed by atoms with Gasteiger partial charge in [-0.1, -0.05) is 13.8 Å². The summed E-state index contributed by atoms with van der Waals surface area (Å²) in [7, 11) is 0. The van der Waals surface area contributed by atoms with Gasteiger partial charge in [-0.2, -0.15) is 0 Å². The van der Waals surface area contributed by atoms with Gasteiger partial charge in [-0.05, 0) is 19.1 Å². The number of hydrogen-bond donors (Lipinski definition) is 0. The van der Waals surface area contributed by atoms with Crippen molar-refractivity contribution in [3.05, 3.63) is 24.0 Å². The molecule has 0 bridgehead atoms. The standard InChI is InChI=1S/C14H18N2O3/c1-4-19-12-6-5-11(15-7-12)8-16-13(17)9(2)10(3)14(16)18/h5-7,9-10H,4,8H2,1-3H3/t9-,10-/m0/s1. The molecule has 1 aliphatic rings. The lowest BCUT2D eigenvalue weighted by Gasteiger charge is -2.14. The van der Waals surface area contributed by atoms with Crippen molar-refractivity contribution >= 4 is 11.8 Å². The minimum Gasteiger partial charge on any atom is -0.492 e. The molecule has 19 heavy (non-hydrogen) atoms. The van der Waals surface area contributed by atoms with Crippen LogP contribution in [0, 0.1) is 11.8 Å². The van der Waals surface area contributed by atoms with Gasteiger partial charge in [-0.25, -0.2) is 0 Å². The maximum Gasteiger partial charge on any atom is 0.233 e. The van der Waals surface area contributed by atoms with Gasteiger partial charge in [0.25, 0.3) is 0 Å². The van der Waals surface area contributed by atoms with Crippen molar-refractivity contribution in [2.24, 2.45) is 11.8 Å². The fourth-order valence-corrected chi connectivity index (χ4v) is 2.10. The molecule has 1 fully saturated rings. The van der Waals surface area contributed by atoms with Crippen molar-refractivity contribution in [2.45, 2.75) is 27.3 Å². The van der Waals surface area contributed by atoms with Crippen molar-refractivity contribution in [3.63, 3.8) is 0 Å². The summed E-state index contributed by atoms with van der Waals surface area (Å²) in [5, 5.41) is 0. The third-order valence-corrected chi connectivity index (χ3v) is 3.49. The Balaban J connectivity index is 2.09. The Kier molecular flexibility index (Phi) is 3.83. The fourth-order valence-electron chi connectivity index (χ4n) is 2.10. The molecular formula is C14H18N2O3. The van der Waals surface area contributed by atoms with Crippen LogP contribution in [0.5, 0.6) is 5.75 Å². The largest absolute Gasteiger partial charge is 0.492 e. The Bertz CT molecular complexity index is 464. The van der Waals surface area contributed by atoms with Crippen LogP contribution in [-0.4, -0.2) is 28.3 Å². The molecule has 2 atom stereocenters. The SMILES string of the molecule is CCOc1ccc(CN2C(=O)[C@@H](C)[C@H](C)C2=O)nc1. The number of rotatable bonds is 4. The number of ether oxygens (including phenoxy) is 1. The molecule has 2 rings (SSSR count). The van der Waals surface area contributed by atoms with Crippen molar-refractivity contribution in [1.29, 1.82) is 0 Å². The van der Waals surface area contributed by atoms with Gasteiger partial charge in [0.2, 0.25) is 11.8 Å². The summed E-state index contributed by atoms with van der Waals surface area (Å²) in [5.74, 6) is -0.0289. The van der Waals surface area contributed by atoms with Crippen LogP contribution in [0.25, 0.3) is 0 Å². The summed E-state index contributed by atoms with van der Waals surface area (Å²) in [5.41, 5.74) is 0.687. The Hall–Kier alpha value is -1.91. The van der Waals surface area contributed by atoms with Gasteiger partial charge in [0.1, 0.15) is 5.75 Å². The highest BCUT2D eigenvalue weighted by Crippen LogP contribution is 2.26. The molecule has 1 aromatic heterocycles. The summed E-state index contributed by atoms with van der Waals surface area (Å²) < 4.78 is 5.30. The molecule has 2 heterocycles. The van der Waals surface area contributed by atoms with E-state index >= 15 is 0 Å². The van der Waals surface area contributed by atoms with Crippen molar-refractivity contribution < 1.29 is 14.3 Å². The number of carbonyl (C=O) groups excluding carboxylic acids is 2. The molecule has 102 valence electrons. The second kappa shape index (κ2) is 5.38. The summed E-state index contributed by atoms with van der Waals surface area (Å²) >= 11 is 0. The Morgan fingerprint density at radius 3 is 2.32 bits per heavy atom. The first-order valence-corrected chi connectivity index (χ1v) is 6.47. The van der Waals surface area contributed by atoms with Gasteiger partial charge >= 0.3 is 0 Å². The first kappa shape index (κ1) is 13.5. The zero-order valence-corrected chi connectivity index (χ0v) is 11.4. The molecule has 2 amide bonds. The Labute approximate surface area is 112 Å². The van der Waals surface area contributed by atoms with Crippen LogP contribution in [0.3, 0.4) is 0 Å². The highest BCUT2D eigenvalue weighted by molar-refractivity contribution is 6.04. The van der Waals surface area contributed by atoms with Gasteiger partial charge in [-0.15, -0.1) is 0 Å². The lowest BCUT2D eigenvalue weighted by atomic mass is 10.00. The normalized spacial score (nSPS) is 23.0. The average Bonchev–Trinajstić information content (AvgIpc) is 2.59. The highest BCUT2D eigenvalue weighted by atomic mass is 16.5. The van der Waals surface area contributed by atoms with Crippen molar-refractivity contribution in [2.75, 3.05) is 6.61 Å². The predicted molar refractivity (Wildman–Crippen MR) is 69.3 cm³/mol. The molecule has 0 aliphatic carbocycles. The number of hydrogen-bond acceptors (Lipinski definition) is 4. The summed E-state index contributed by atoms with van der Waals surface area (Å²) in [6.07, 6.45) is 1.61. The van der Waals surface area contributed by atoms with E-state index < -0.39 is 0 Å². The number of likely N-dealkylation sites (tertiary alicyclic amines) is 1. The van der Waals surface area contributed by atoms with Crippen LogP contribution in [0.2, 0.25) is 0 Å². The highest BCUT2D eigenvalue weighted by Gasteiger charge is 2.42. The number of pyridine rings is 1. The van der Waals surface area contributed by atoms with Crippen molar-refractivity contribution in [1.82, 2.24) is 9.88 Å². The number of carbonyl (C=O) groups is 2. The number of nitrogens with zero attached hydrogens (tertiary/aromatic N) is 2. The van der Waals surface area contributed by atoms with E-state index in [9.17, 15) is 9.59 Å². The van der Waals surface area contributed by atoms with Crippen LogP contribution in [0.1, 0.15) is 26.5 Å². The smallest absolute Gasteiger partial charge is 0.233 e. The minimum atomic E-state index is -0.241. The second-order valence-electron chi connectivity index (χ2n) is 4.76. The first-order chi connectivity index (χ1) is 9.04. The second-order valence-corrected chi connectivity index (χ2v) is 4.76. The van der Waals surface area contributed by atoms with E-state index in [1.165, 1.54) is 4.90 Å². The van der Waals surface area contributed by atoms with Crippen LogP contribution < -0.4 is 4.74 Å². The molecule has 1 aliphatic heterocycles. The van der Waals surface area contributed by atoms with E-state index in [0.717, 1.165) is 0 Å². The molecule has 0 radical (unpaired) electrons. The summed E-state index contributed by atoms with van der Waals surface area (Å²) in [6, 6.07) is 3.57. The minimum absolute atomic E-state index is 0.117. The van der Waals surface area contributed by atoms with Gasteiger partial charge in [0, 0.05) is 11.8 Å². The van der Waals surface area contributed by atoms with E-state index in [4.69, 9.17) is 4.74 Å². The van der Waals surface area contributed by atoms with Gasteiger partial charge in [-0.3, -0.25) is 19.5 Å². The topological polar surface area (TPSA) is 59.5 Å². The van der Waals surface area contributed by atoms with E-state index in [1.807, 2.05) is 6.92 Å². The molecule has 0 aromatic carbocycles. The Morgan fingerprint density at radius 2 is 1.84 bits per heavy atom. The fraction of sp³-hybridized carbons (Fsp3) is 0.500. The molecule has 5 heteroatoms. The molecule has 0 N–H and O–H groups in total. The molecule has 5 nitrogen and oxygen atoms in total. The zero-order chi connectivity index (χ0) is 14.0. The molecule has 0 spiro atoms. The number of aromatic nitrogens is 1. The lowest BCUT2D eigenvalue weighted by Crippen LogP contribution is -2.30. The molecule has 0 saturated carbocycles. The predicted octanol–water partition coefficient (Wildman–Crippen LogP) is 1.62. The van der Waals surface area contributed by atoms with E-state index in [-0.39, 0.29) is 30.2 Å². The summed E-state index contributed by atoms with van der Waals surface area (Å²) in [4.78, 5) is 29.4. The molecular weight excluding hydrogens is 244 g/mol. The van der Waals surface area contributed by atoms with Crippen LogP contribution in [0.4, 0.5) is 0 Å². The quantitative estimate of drug-likeness (QED) is 0.774. The van der Waals surface area contributed by atoms with Gasteiger partial charge in [0.05, 0.1) is 25.0 Å². The van der Waals surface area contributed by atoms with Crippen LogP contribution in [0.15, 0.2) is 18.3 Å². The van der Waals surface area contributed by atoms with Crippen LogP contribution >= 0.6 is 0 Å². The number of amides is 2. The first-order valence-electron chi connectivity index (χ1n) is 6.47. The van der Waals surface area contributed by atoms with Gasteiger partial charge in [0.15, 0.2) is 0 Å². The maximum absolute atomic E-state index is 12.0. The number of imide groups is 1. The van der Waals surface area contributed by atoms with Crippen molar-refractivity contribution in [3.8, 4) is 5.75 Å². The van der Waals surface area contributed by atoms with E-state index in [2.05, 4.69) is 4.98 Å². The monoisotopic (exact) mass is 262 g/mol. The van der Waals surface area contributed by atoms with Gasteiger partial charge < -0.3 is 4.74 Å². The molecule has 0 unspecified atom stereocenters. The third kappa shape index (κ3) is 2.59.